The molecule has 0 saturated heterocycles. The Morgan fingerprint density at radius 2 is 1.89 bits per heavy atom. The van der Waals surface area contributed by atoms with Crippen LogP contribution in [0.1, 0.15) is 11.1 Å². The third-order valence-electron chi connectivity index (χ3n) is 3.00. The third-order valence-corrected chi connectivity index (χ3v) is 4.23. The lowest BCUT2D eigenvalue weighted by molar-refractivity contribution is 1.22. The van der Waals surface area contributed by atoms with Gasteiger partial charge in [-0.1, -0.05) is 23.7 Å². The summed E-state index contributed by atoms with van der Waals surface area (Å²) in [6, 6.07) is 14.4. The molecule has 19 heavy (non-hydrogen) atoms. The van der Waals surface area contributed by atoms with Crippen molar-refractivity contribution in [1.29, 1.82) is 0 Å². The van der Waals surface area contributed by atoms with Crippen molar-refractivity contribution in [1.82, 2.24) is 0 Å². The van der Waals surface area contributed by atoms with Crippen LogP contribution in [-0.2, 0) is 0 Å². The van der Waals surface area contributed by atoms with Gasteiger partial charge in [-0.15, -0.1) is 11.8 Å². The van der Waals surface area contributed by atoms with Crippen LogP contribution in [0.5, 0.6) is 0 Å². The van der Waals surface area contributed by atoms with Gasteiger partial charge in [-0.3, -0.25) is 0 Å². The molecule has 0 aliphatic heterocycles. The van der Waals surface area contributed by atoms with E-state index in [9.17, 15) is 0 Å². The molecule has 1 nitrogen and oxygen atoms in total. The molecule has 3 heteroatoms. The lowest BCUT2D eigenvalue weighted by atomic mass is 10.1. The Bertz CT molecular complexity index is 554. The Hall–Kier alpha value is -1.12. The first kappa shape index (κ1) is 14.3. The van der Waals surface area contributed by atoms with Gasteiger partial charge in [0.2, 0.25) is 0 Å². The van der Waals surface area contributed by atoms with Gasteiger partial charge in [0, 0.05) is 27.9 Å². The van der Waals surface area contributed by atoms with E-state index in [4.69, 9.17) is 11.6 Å². The number of rotatable bonds is 5. The van der Waals surface area contributed by atoms with Gasteiger partial charge < -0.3 is 5.32 Å². The number of hydrogen-bond donors (Lipinski definition) is 1. The zero-order chi connectivity index (χ0) is 13.7. The molecule has 2 rings (SSSR count). The molecule has 0 aliphatic rings. The highest BCUT2D eigenvalue weighted by molar-refractivity contribution is 7.99. The first-order chi connectivity index (χ1) is 9.15. The molecule has 0 amide bonds. The average Bonchev–Trinajstić information content (AvgIpc) is 2.39. The average molecular weight is 292 g/mol. The minimum Gasteiger partial charge on any atom is -0.384 e. The number of aryl methyl sites for hydroxylation is 2. The van der Waals surface area contributed by atoms with Crippen molar-refractivity contribution < 1.29 is 0 Å². The summed E-state index contributed by atoms with van der Waals surface area (Å²) in [4.78, 5) is 1.33. The summed E-state index contributed by atoms with van der Waals surface area (Å²) >= 11 is 7.81. The Kier molecular flexibility index (Phi) is 5.17. The van der Waals surface area contributed by atoms with Crippen LogP contribution >= 0.6 is 23.4 Å². The molecule has 100 valence electrons. The Morgan fingerprint density at radius 1 is 1.05 bits per heavy atom. The summed E-state index contributed by atoms with van der Waals surface area (Å²) in [6.07, 6.45) is 0. The van der Waals surface area contributed by atoms with Crippen LogP contribution in [0.25, 0.3) is 0 Å². The Balaban J connectivity index is 1.79. The van der Waals surface area contributed by atoms with Gasteiger partial charge in [0.1, 0.15) is 0 Å². The predicted molar refractivity (Wildman–Crippen MR) is 86.6 cm³/mol. The molecule has 0 fully saturated rings. The molecule has 0 atom stereocenters. The molecule has 0 unspecified atom stereocenters. The van der Waals surface area contributed by atoms with E-state index < -0.39 is 0 Å². The lowest BCUT2D eigenvalue weighted by Crippen LogP contribution is -2.03. The summed E-state index contributed by atoms with van der Waals surface area (Å²) in [5, 5.41) is 4.15. The van der Waals surface area contributed by atoms with Crippen molar-refractivity contribution in [3.8, 4) is 0 Å². The largest absolute Gasteiger partial charge is 0.384 e. The quantitative estimate of drug-likeness (QED) is 0.603. The van der Waals surface area contributed by atoms with Crippen molar-refractivity contribution in [2.75, 3.05) is 17.6 Å². The standard InChI is InChI=1S/C16H18ClNS/c1-12-6-7-16(10-13(12)2)19-9-8-18-15-5-3-4-14(17)11-15/h3-7,10-11,18H,8-9H2,1-2H3. The molecule has 0 aromatic heterocycles. The molecule has 2 aromatic rings. The second-order valence-corrected chi connectivity index (χ2v) is 6.14. The second kappa shape index (κ2) is 6.88. The minimum absolute atomic E-state index is 0.770. The molecule has 0 saturated carbocycles. The number of anilines is 1. The van der Waals surface area contributed by atoms with E-state index in [1.165, 1.54) is 16.0 Å². The molecule has 0 bridgehead atoms. The zero-order valence-electron chi connectivity index (χ0n) is 11.2. The van der Waals surface area contributed by atoms with Gasteiger partial charge in [-0.25, -0.2) is 0 Å². The van der Waals surface area contributed by atoms with E-state index in [-0.39, 0.29) is 0 Å². The molecule has 0 aliphatic carbocycles. The van der Waals surface area contributed by atoms with Gasteiger partial charge >= 0.3 is 0 Å². The van der Waals surface area contributed by atoms with E-state index in [2.05, 4.69) is 37.4 Å². The summed E-state index contributed by atoms with van der Waals surface area (Å²) < 4.78 is 0. The van der Waals surface area contributed by atoms with Crippen LogP contribution in [-0.4, -0.2) is 12.3 Å². The molecule has 0 radical (unpaired) electrons. The fraction of sp³-hybridized carbons (Fsp3) is 0.250. The molecule has 1 N–H and O–H groups in total. The number of benzene rings is 2. The van der Waals surface area contributed by atoms with E-state index in [1.807, 2.05) is 36.0 Å². The Morgan fingerprint density at radius 3 is 2.63 bits per heavy atom. The number of thioether (sulfide) groups is 1. The van der Waals surface area contributed by atoms with E-state index in [0.717, 1.165) is 23.0 Å². The molecular weight excluding hydrogens is 274 g/mol. The predicted octanol–water partition coefficient (Wildman–Crippen LogP) is 5.16. The first-order valence-electron chi connectivity index (χ1n) is 6.34. The smallest absolute Gasteiger partial charge is 0.0426 e. The van der Waals surface area contributed by atoms with E-state index >= 15 is 0 Å². The van der Waals surface area contributed by atoms with Crippen LogP contribution in [0.15, 0.2) is 47.4 Å². The fourth-order valence-electron chi connectivity index (χ4n) is 1.77. The SMILES string of the molecule is Cc1ccc(SCCNc2cccc(Cl)c2)cc1C. The van der Waals surface area contributed by atoms with Gasteiger partial charge in [-0.05, 0) is 55.3 Å². The highest BCUT2D eigenvalue weighted by Crippen LogP contribution is 2.21. The number of nitrogens with one attached hydrogen (secondary N) is 1. The van der Waals surface area contributed by atoms with Gasteiger partial charge in [0.15, 0.2) is 0 Å². The van der Waals surface area contributed by atoms with Crippen molar-refractivity contribution in [2.45, 2.75) is 18.7 Å². The van der Waals surface area contributed by atoms with Crippen molar-refractivity contribution in [2.24, 2.45) is 0 Å². The summed E-state index contributed by atoms with van der Waals surface area (Å²) in [7, 11) is 0. The van der Waals surface area contributed by atoms with Crippen LogP contribution < -0.4 is 5.32 Å². The third kappa shape index (κ3) is 4.48. The second-order valence-electron chi connectivity index (χ2n) is 4.53. The number of halogens is 1. The van der Waals surface area contributed by atoms with Gasteiger partial charge in [-0.2, -0.15) is 0 Å². The van der Waals surface area contributed by atoms with Crippen LogP contribution in [0.4, 0.5) is 5.69 Å². The summed E-state index contributed by atoms with van der Waals surface area (Å²) in [5.41, 5.74) is 3.78. The van der Waals surface area contributed by atoms with Gasteiger partial charge in [0.05, 0.1) is 0 Å². The molecule has 0 heterocycles. The normalized spacial score (nSPS) is 10.5. The highest BCUT2D eigenvalue weighted by atomic mass is 35.5. The Labute approximate surface area is 124 Å². The van der Waals surface area contributed by atoms with E-state index in [1.54, 1.807) is 0 Å². The van der Waals surface area contributed by atoms with Crippen molar-refractivity contribution >= 4 is 29.1 Å². The van der Waals surface area contributed by atoms with Gasteiger partial charge in [0.25, 0.3) is 0 Å². The van der Waals surface area contributed by atoms with Crippen LogP contribution in [0.3, 0.4) is 0 Å². The fourth-order valence-corrected chi connectivity index (χ4v) is 2.82. The zero-order valence-corrected chi connectivity index (χ0v) is 12.8. The van der Waals surface area contributed by atoms with E-state index in [0.29, 0.717) is 0 Å². The minimum atomic E-state index is 0.770. The maximum atomic E-state index is 5.94. The lowest BCUT2D eigenvalue weighted by Gasteiger charge is -2.07. The molecular formula is C16H18ClNS. The molecule has 2 aromatic carbocycles. The maximum absolute atomic E-state index is 5.94. The summed E-state index contributed by atoms with van der Waals surface area (Å²) in [5.74, 6) is 1.04. The number of hydrogen-bond acceptors (Lipinski definition) is 2. The topological polar surface area (TPSA) is 12.0 Å². The van der Waals surface area contributed by atoms with Crippen LogP contribution in [0, 0.1) is 13.8 Å². The summed E-state index contributed by atoms with van der Waals surface area (Å²) in [6.45, 7) is 5.23. The van der Waals surface area contributed by atoms with Crippen LogP contribution in [0.2, 0.25) is 5.02 Å². The van der Waals surface area contributed by atoms with Crippen molar-refractivity contribution in [3.63, 3.8) is 0 Å². The maximum Gasteiger partial charge on any atom is 0.0426 e. The molecule has 0 spiro atoms. The monoisotopic (exact) mass is 291 g/mol. The first-order valence-corrected chi connectivity index (χ1v) is 7.71. The highest BCUT2D eigenvalue weighted by Gasteiger charge is 1.98. The van der Waals surface area contributed by atoms with Crippen molar-refractivity contribution in [3.05, 3.63) is 58.6 Å².